The van der Waals surface area contributed by atoms with Crippen LogP contribution in [-0.2, 0) is 9.84 Å². The van der Waals surface area contributed by atoms with E-state index >= 15 is 0 Å². The van der Waals surface area contributed by atoms with E-state index in [9.17, 15) is 12.8 Å². The monoisotopic (exact) mass is 256 g/mol. The highest BCUT2D eigenvalue weighted by Gasteiger charge is 2.15. The second-order valence-electron chi connectivity index (χ2n) is 3.53. The molecule has 7 heteroatoms. The van der Waals surface area contributed by atoms with Crippen LogP contribution in [0, 0.1) is 5.82 Å². The Labute approximate surface area is 96.9 Å². The van der Waals surface area contributed by atoms with Crippen molar-refractivity contribution in [3.8, 4) is 11.3 Å². The number of benzene rings is 1. The third kappa shape index (κ3) is 2.28. The average Bonchev–Trinajstić information content (AvgIpc) is 2.62. The van der Waals surface area contributed by atoms with Crippen LogP contribution in [0.25, 0.3) is 11.3 Å². The quantitative estimate of drug-likeness (QED) is 0.879. The van der Waals surface area contributed by atoms with Crippen LogP contribution < -0.4 is 5.73 Å². The van der Waals surface area contributed by atoms with Crippen molar-refractivity contribution in [3.05, 3.63) is 30.1 Å². The number of hydrogen-bond donors (Lipinski definition) is 1. The summed E-state index contributed by atoms with van der Waals surface area (Å²) in [4.78, 5) is -0.353. The Morgan fingerprint density at radius 1 is 1.35 bits per heavy atom. The van der Waals surface area contributed by atoms with Crippen LogP contribution in [0.15, 0.2) is 33.7 Å². The fourth-order valence-corrected chi connectivity index (χ4v) is 2.11. The van der Waals surface area contributed by atoms with Crippen LogP contribution in [0.4, 0.5) is 10.2 Å². The van der Waals surface area contributed by atoms with Gasteiger partial charge in [-0.25, -0.2) is 12.8 Å². The summed E-state index contributed by atoms with van der Waals surface area (Å²) in [6, 6.07) is 5.10. The fraction of sp³-hybridized carbons (Fsp3) is 0.100. The Balaban J connectivity index is 2.52. The van der Waals surface area contributed by atoms with Crippen molar-refractivity contribution in [2.75, 3.05) is 12.0 Å². The zero-order valence-corrected chi connectivity index (χ0v) is 9.66. The maximum Gasteiger partial charge on any atom is 0.178 e. The molecule has 0 atom stereocenters. The molecule has 0 saturated heterocycles. The van der Waals surface area contributed by atoms with Gasteiger partial charge in [0, 0.05) is 17.9 Å². The topological polar surface area (TPSA) is 86.2 Å². The van der Waals surface area contributed by atoms with Gasteiger partial charge in [0.2, 0.25) is 0 Å². The van der Waals surface area contributed by atoms with E-state index < -0.39 is 15.7 Å². The molecule has 1 heterocycles. The van der Waals surface area contributed by atoms with E-state index in [1.165, 1.54) is 18.2 Å². The number of nitrogens with zero attached hydrogens (tertiary/aromatic N) is 1. The highest BCUT2D eigenvalue weighted by molar-refractivity contribution is 7.90. The van der Waals surface area contributed by atoms with Gasteiger partial charge in [0.05, 0.1) is 0 Å². The molecule has 2 aromatic rings. The SMILES string of the molecule is CS(=O)(=O)c1ccc(-c2cc(N)no2)cc1F. The highest BCUT2D eigenvalue weighted by Crippen LogP contribution is 2.25. The molecule has 5 nitrogen and oxygen atoms in total. The molecule has 0 bridgehead atoms. The summed E-state index contributed by atoms with van der Waals surface area (Å²) in [5.74, 6) is -0.381. The first-order valence-corrected chi connectivity index (χ1v) is 6.49. The van der Waals surface area contributed by atoms with Gasteiger partial charge in [0.1, 0.15) is 10.7 Å². The first kappa shape index (κ1) is 11.6. The molecule has 2 N–H and O–H groups in total. The van der Waals surface area contributed by atoms with Crippen molar-refractivity contribution < 1.29 is 17.3 Å². The maximum absolute atomic E-state index is 13.6. The number of hydrogen-bond acceptors (Lipinski definition) is 5. The van der Waals surface area contributed by atoms with E-state index in [0.29, 0.717) is 5.56 Å². The molecule has 0 fully saturated rings. The predicted octanol–water partition coefficient (Wildman–Crippen LogP) is 1.47. The van der Waals surface area contributed by atoms with Gasteiger partial charge in [-0.2, -0.15) is 0 Å². The largest absolute Gasteiger partial charge is 0.381 e. The Morgan fingerprint density at radius 2 is 2.06 bits per heavy atom. The summed E-state index contributed by atoms with van der Waals surface area (Å²) in [7, 11) is -3.57. The van der Waals surface area contributed by atoms with Crippen molar-refractivity contribution in [3.63, 3.8) is 0 Å². The lowest BCUT2D eigenvalue weighted by molar-refractivity contribution is 0.435. The van der Waals surface area contributed by atoms with E-state index in [1.54, 1.807) is 0 Å². The van der Waals surface area contributed by atoms with E-state index in [0.717, 1.165) is 12.3 Å². The number of anilines is 1. The number of sulfone groups is 1. The van der Waals surface area contributed by atoms with Crippen LogP contribution in [0.5, 0.6) is 0 Å². The van der Waals surface area contributed by atoms with E-state index in [1.807, 2.05) is 0 Å². The zero-order chi connectivity index (χ0) is 12.6. The molecule has 0 spiro atoms. The lowest BCUT2D eigenvalue weighted by Gasteiger charge is -2.01. The number of nitrogens with two attached hydrogens (primary N) is 1. The standard InChI is InChI=1S/C10H9FN2O3S/c1-17(14,15)9-3-2-6(4-7(9)11)8-5-10(12)13-16-8/h2-5H,1H3,(H2,12,13). The van der Waals surface area contributed by atoms with Crippen LogP contribution in [0.1, 0.15) is 0 Å². The Morgan fingerprint density at radius 3 is 2.53 bits per heavy atom. The van der Waals surface area contributed by atoms with Gasteiger partial charge in [-0.3, -0.25) is 0 Å². The van der Waals surface area contributed by atoms with E-state index in [2.05, 4.69) is 5.16 Å². The molecule has 1 aromatic heterocycles. The second kappa shape index (κ2) is 3.85. The minimum absolute atomic E-state index is 0.174. The number of halogens is 1. The van der Waals surface area contributed by atoms with Crippen molar-refractivity contribution in [2.24, 2.45) is 0 Å². The highest BCUT2D eigenvalue weighted by atomic mass is 32.2. The molecule has 2 rings (SSSR count). The van der Waals surface area contributed by atoms with Crippen molar-refractivity contribution >= 4 is 15.7 Å². The molecule has 0 radical (unpaired) electrons. The maximum atomic E-state index is 13.6. The Bertz CT molecular complexity index is 664. The zero-order valence-electron chi connectivity index (χ0n) is 8.84. The average molecular weight is 256 g/mol. The van der Waals surface area contributed by atoms with E-state index in [4.69, 9.17) is 10.3 Å². The number of aromatic nitrogens is 1. The van der Waals surface area contributed by atoms with Gasteiger partial charge in [0.25, 0.3) is 0 Å². The molecule has 17 heavy (non-hydrogen) atoms. The number of nitrogen functional groups attached to an aromatic ring is 1. The molecule has 0 aliphatic carbocycles. The summed E-state index contributed by atoms with van der Waals surface area (Å²) in [5.41, 5.74) is 5.73. The molecule has 1 aromatic carbocycles. The Kier molecular flexibility index (Phi) is 2.62. The molecular weight excluding hydrogens is 247 g/mol. The van der Waals surface area contributed by atoms with Gasteiger partial charge < -0.3 is 10.3 Å². The van der Waals surface area contributed by atoms with Gasteiger partial charge in [-0.1, -0.05) is 5.16 Å². The molecule has 0 unspecified atom stereocenters. The summed E-state index contributed by atoms with van der Waals surface area (Å²) in [6.45, 7) is 0. The Hall–Kier alpha value is -1.89. The molecule has 0 aliphatic rings. The molecule has 90 valence electrons. The van der Waals surface area contributed by atoms with Crippen LogP contribution in [-0.4, -0.2) is 19.8 Å². The summed E-state index contributed by atoms with van der Waals surface area (Å²) >= 11 is 0. The molecule has 0 amide bonds. The van der Waals surface area contributed by atoms with Crippen molar-refractivity contribution in [1.29, 1.82) is 0 Å². The fourth-order valence-electron chi connectivity index (χ4n) is 1.38. The smallest absolute Gasteiger partial charge is 0.178 e. The first-order chi connectivity index (χ1) is 7.88. The van der Waals surface area contributed by atoms with Gasteiger partial charge in [0.15, 0.2) is 21.4 Å². The van der Waals surface area contributed by atoms with Gasteiger partial charge in [-0.05, 0) is 18.2 Å². The minimum atomic E-state index is -3.57. The first-order valence-electron chi connectivity index (χ1n) is 4.60. The molecule has 0 aliphatic heterocycles. The van der Waals surface area contributed by atoms with Gasteiger partial charge in [-0.15, -0.1) is 0 Å². The normalized spacial score (nSPS) is 11.6. The predicted molar refractivity (Wildman–Crippen MR) is 59.4 cm³/mol. The van der Waals surface area contributed by atoms with E-state index in [-0.39, 0.29) is 16.5 Å². The molecular formula is C10H9FN2O3S. The van der Waals surface area contributed by atoms with Crippen molar-refractivity contribution in [2.45, 2.75) is 4.90 Å². The minimum Gasteiger partial charge on any atom is -0.381 e. The third-order valence-corrected chi connectivity index (χ3v) is 3.27. The number of rotatable bonds is 2. The van der Waals surface area contributed by atoms with Crippen LogP contribution in [0.2, 0.25) is 0 Å². The van der Waals surface area contributed by atoms with Crippen molar-refractivity contribution in [1.82, 2.24) is 5.16 Å². The third-order valence-electron chi connectivity index (χ3n) is 2.14. The summed E-state index contributed by atoms with van der Waals surface area (Å²) in [5, 5.41) is 3.46. The second-order valence-corrected chi connectivity index (χ2v) is 5.52. The lowest BCUT2D eigenvalue weighted by Crippen LogP contribution is -2.00. The summed E-state index contributed by atoms with van der Waals surface area (Å²) < 4.78 is 40.8. The van der Waals surface area contributed by atoms with Gasteiger partial charge >= 0.3 is 0 Å². The lowest BCUT2D eigenvalue weighted by atomic mass is 10.2. The van der Waals surface area contributed by atoms with Crippen LogP contribution >= 0.6 is 0 Å². The molecule has 0 saturated carbocycles. The summed E-state index contributed by atoms with van der Waals surface area (Å²) in [6.07, 6.45) is 0.942. The van der Waals surface area contributed by atoms with Crippen LogP contribution in [0.3, 0.4) is 0 Å².